The van der Waals surface area contributed by atoms with Crippen molar-refractivity contribution in [3.63, 3.8) is 0 Å². The Kier molecular flexibility index (Phi) is 4.08. The molecule has 0 spiro atoms. The van der Waals surface area contributed by atoms with Crippen LogP contribution in [0.15, 0.2) is 40.2 Å². The lowest BCUT2D eigenvalue weighted by Gasteiger charge is -2.05. The van der Waals surface area contributed by atoms with Crippen molar-refractivity contribution < 1.29 is 0 Å². The van der Waals surface area contributed by atoms with E-state index >= 15 is 0 Å². The van der Waals surface area contributed by atoms with E-state index in [2.05, 4.69) is 5.10 Å². The minimum absolute atomic E-state index is 0.183. The van der Waals surface area contributed by atoms with Crippen LogP contribution in [0, 0.1) is 13.8 Å². The number of pyridine rings is 1. The summed E-state index contributed by atoms with van der Waals surface area (Å²) in [5.41, 5.74) is 2.07. The lowest BCUT2D eigenvalue weighted by molar-refractivity contribution is 0.791. The van der Waals surface area contributed by atoms with Crippen molar-refractivity contribution in [2.24, 2.45) is 5.10 Å². The molecule has 0 N–H and O–H groups in total. The summed E-state index contributed by atoms with van der Waals surface area (Å²) in [7, 11) is 0. The van der Waals surface area contributed by atoms with Crippen LogP contribution in [-0.2, 0) is 0 Å². The summed E-state index contributed by atoms with van der Waals surface area (Å²) in [6.45, 7) is 3.69. The first-order valence-corrected chi connectivity index (χ1v) is 6.43. The molecule has 0 amide bonds. The Morgan fingerprint density at radius 2 is 1.79 bits per heavy atom. The molecule has 0 aliphatic carbocycles. The molecule has 0 fully saturated rings. The number of benzene rings is 1. The average Bonchev–Trinajstić information content (AvgIpc) is 2.31. The Bertz CT molecular complexity index is 685. The van der Waals surface area contributed by atoms with Crippen LogP contribution in [0.1, 0.15) is 16.8 Å². The number of halogens is 2. The molecular weight excluding hydrogens is 283 g/mol. The zero-order valence-corrected chi connectivity index (χ0v) is 12.0. The van der Waals surface area contributed by atoms with Gasteiger partial charge < -0.3 is 0 Å². The minimum Gasteiger partial charge on any atom is -0.267 e. The van der Waals surface area contributed by atoms with Gasteiger partial charge >= 0.3 is 0 Å². The number of aryl methyl sites for hydroxylation is 2. The van der Waals surface area contributed by atoms with E-state index in [1.54, 1.807) is 18.2 Å². The molecule has 5 heteroatoms. The van der Waals surface area contributed by atoms with Crippen molar-refractivity contribution >= 4 is 29.4 Å². The first kappa shape index (κ1) is 13.8. The fourth-order valence-corrected chi connectivity index (χ4v) is 2.25. The van der Waals surface area contributed by atoms with Gasteiger partial charge in [-0.25, -0.2) is 4.68 Å². The van der Waals surface area contributed by atoms with Gasteiger partial charge in [0, 0.05) is 17.3 Å². The van der Waals surface area contributed by atoms with E-state index < -0.39 is 0 Å². The highest BCUT2D eigenvalue weighted by Crippen LogP contribution is 2.22. The molecule has 0 radical (unpaired) electrons. The maximum Gasteiger partial charge on any atom is 0.271 e. The van der Waals surface area contributed by atoms with Crippen molar-refractivity contribution in [2.75, 3.05) is 0 Å². The van der Waals surface area contributed by atoms with E-state index in [0.717, 1.165) is 11.3 Å². The van der Waals surface area contributed by atoms with Crippen molar-refractivity contribution in [1.82, 2.24) is 4.68 Å². The first-order chi connectivity index (χ1) is 8.99. The molecule has 1 aromatic heterocycles. The highest BCUT2D eigenvalue weighted by Gasteiger charge is 2.03. The fourth-order valence-electron chi connectivity index (χ4n) is 1.76. The predicted octanol–water partition coefficient (Wildman–Crippen LogP) is 3.65. The smallest absolute Gasteiger partial charge is 0.267 e. The molecule has 2 aromatic rings. The van der Waals surface area contributed by atoms with Gasteiger partial charge in [0.15, 0.2) is 0 Å². The summed E-state index contributed by atoms with van der Waals surface area (Å²) in [5.74, 6) is 0. The van der Waals surface area contributed by atoms with Crippen LogP contribution in [0.3, 0.4) is 0 Å². The van der Waals surface area contributed by atoms with E-state index in [4.69, 9.17) is 23.2 Å². The standard InChI is InChI=1S/C14H12Cl2N2O/c1-9-6-10(2)18(14(19)7-9)17-8-11-12(15)4-3-5-13(11)16/h3-8H,1-2H3/b17-8+. The molecule has 0 aliphatic heterocycles. The Morgan fingerprint density at radius 1 is 1.16 bits per heavy atom. The van der Waals surface area contributed by atoms with Crippen LogP contribution in [-0.4, -0.2) is 10.9 Å². The normalized spacial score (nSPS) is 11.2. The molecule has 1 aromatic carbocycles. The third kappa shape index (κ3) is 3.06. The second kappa shape index (κ2) is 5.59. The monoisotopic (exact) mass is 294 g/mol. The number of nitrogens with zero attached hydrogens (tertiary/aromatic N) is 2. The predicted molar refractivity (Wildman–Crippen MR) is 79.6 cm³/mol. The van der Waals surface area contributed by atoms with E-state index in [1.807, 2.05) is 19.9 Å². The number of hydrogen-bond acceptors (Lipinski definition) is 2. The summed E-state index contributed by atoms with van der Waals surface area (Å²) < 4.78 is 1.31. The third-order valence-corrected chi connectivity index (χ3v) is 3.29. The van der Waals surface area contributed by atoms with Gasteiger partial charge in [-0.3, -0.25) is 4.79 Å². The van der Waals surface area contributed by atoms with Gasteiger partial charge in [-0.2, -0.15) is 5.10 Å². The Labute approximate surface area is 121 Å². The Morgan fingerprint density at radius 3 is 2.37 bits per heavy atom. The zero-order valence-electron chi connectivity index (χ0n) is 10.5. The quantitative estimate of drug-likeness (QED) is 0.779. The number of aromatic nitrogens is 1. The van der Waals surface area contributed by atoms with Gasteiger partial charge in [0.25, 0.3) is 5.56 Å². The lowest BCUT2D eigenvalue weighted by atomic mass is 10.2. The Hall–Kier alpha value is -1.58. The molecule has 0 unspecified atom stereocenters. The van der Waals surface area contributed by atoms with Crippen LogP contribution in [0.25, 0.3) is 0 Å². The van der Waals surface area contributed by atoms with Crippen molar-refractivity contribution in [3.8, 4) is 0 Å². The summed E-state index contributed by atoms with van der Waals surface area (Å²) in [6.07, 6.45) is 1.49. The first-order valence-electron chi connectivity index (χ1n) is 5.67. The largest absolute Gasteiger partial charge is 0.271 e. The number of rotatable bonds is 2. The topological polar surface area (TPSA) is 34.4 Å². The minimum atomic E-state index is -0.183. The second-order valence-electron chi connectivity index (χ2n) is 4.20. The fraction of sp³-hybridized carbons (Fsp3) is 0.143. The highest BCUT2D eigenvalue weighted by molar-refractivity contribution is 6.38. The molecule has 0 saturated carbocycles. The summed E-state index contributed by atoms with van der Waals surface area (Å²) in [6, 6.07) is 8.61. The van der Waals surface area contributed by atoms with E-state index in [0.29, 0.717) is 15.6 Å². The van der Waals surface area contributed by atoms with Crippen LogP contribution in [0.2, 0.25) is 10.0 Å². The molecule has 1 heterocycles. The maximum absolute atomic E-state index is 11.8. The Balaban J connectivity index is 2.47. The van der Waals surface area contributed by atoms with Gasteiger partial charge in [-0.1, -0.05) is 29.3 Å². The van der Waals surface area contributed by atoms with Crippen LogP contribution < -0.4 is 5.56 Å². The summed E-state index contributed by atoms with van der Waals surface area (Å²) >= 11 is 12.1. The van der Waals surface area contributed by atoms with Gasteiger partial charge in [-0.15, -0.1) is 0 Å². The van der Waals surface area contributed by atoms with Gasteiger partial charge in [0.1, 0.15) is 0 Å². The molecular formula is C14H12Cl2N2O. The van der Waals surface area contributed by atoms with E-state index in [9.17, 15) is 4.79 Å². The highest BCUT2D eigenvalue weighted by atomic mass is 35.5. The summed E-state index contributed by atoms with van der Waals surface area (Å²) in [5, 5.41) is 5.14. The van der Waals surface area contributed by atoms with Crippen molar-refractivity contribution in [1.29, 1.82) is 0 Å². The average molecular weight is 295 g/mol. The van der Waals surface area contributed by atoms with Crippen LogP contribution in [0.5, 0.6) is 0 Å². The molecule has 2 rings (SSSR count). The summed E-state index contributed by atoms with van der Waals surface area (Å²) in [4.78, 5) is 11.8. The number of hydrogen-bond donors (Lipinski definition) is 0. The molecule has 0 aliphatic rings. The molecule has 19 heavy (non-hydrogen) atoms. The molecule has 0 atom stereocenters. The molecule has 98 valence electrons. The van der Waals surface area contributed by atoms with Gasteiger partial charge in [0.2, 0.25) is 0 Å². The van der Waals surface area contributed by atoms with E-state index in [-0.39, 0.29) is 5.56 Å². The van der Waals surface area contributed by atoms with Crippen molar-refractivity contribution in [3.05, 3.63) is 67.6 Å². The molecule has 0 bridgehead atoms. The lowest BCUT2D eigenvalue weighted by Crippen LogP contribution is -2.18. The maximum atomic E-state index is 11.8. The zero-order chi connectivity index (χ0) is 14.0. The molecule has 3 nitrogen and oxygen atoms in total. The van der Waals surface area contributed by atoms with Crippen LogP contribution >= 0.6 is 23.2 Å². The van der Waals surface area contributed by atoms with Gasteiger partial charge in [0.05, 0.1) is 16.3 Å². The SMILES string of the molecule is Cc1cc(C)n(/N=C/c2c(Cl)cccc2Cl)c(=O)c1. The van der Waals surface area contributed by atoms with Crippen LogP contribution in [0.4, 0.5) is 0 Å². The molecule has 0 saturated heterocycles. The third-order valence-electron chi connectivity index (χ3n) is 2.63. The second-order valence-corrected chi connectivity index (χ2v) is 5.02. The van der Waals surface area contributed by atoms with Gasteiger partial charge in [-0.05, 0) is 37.6 Å². The van der Waals surface area contributed by atoms with Crippen molar-refractivity contribution in [2.45, 2.75) is 13.8 Å². The van der Waals surface area contributed by atoms with E-state index in [1.165, 1.54) is 17.0 Å².